The molecule has 1 unspecified atom stereocenters. The summed E-state index contributed by atoms with van der Waals surface area (Å²) in [6.45, 7) is 2.50. The monoisotopic (exact) mass is 516 g/mol. The quantitative estimate of drug-likeness (QED) is 0.550. The number of rotatable bonds is 5. The van der Waals surface area contributed by atoms with E-state index in [0.29, 0.717) is 41.8 Å². The van der Waals surface area contributed by atoms with Gasteiger partial charge in [-0.05, 0) is 38.3 Å². The van der Waals surface area contributed by atoms with Gasteiger partial charge in [0.05, 0.1) is 16.1 Å². The van der Waals surface area contributed by atoms with Gasteiger partial charge in [0.25, 0.3) is 10.0 Å². The third-order valence-corrected chi connectivity index (χ3v) is 8.22. The zero-order chi connectivity index (χ0) is 24.9. The van der Waals surface area contributed by atoms with E-state index >= 15 is 0 Å². The third kappa shape index (κ3) is 4.19. The van der Waals surface area contributed by atoms with Crippen LogP contribution in [0.1, 0.15) is 26.2 Å². The van der Waals surface area contributed by atoms with Gasteiger partial charge in [-0.25, -0.2) is 31.7 Å². The highest BCUT2D eigenvalue weighted by Crippen LogP contribution is 2.34. The smallest absolute Gasteiger partial charge is 0.265 e. The molecule has 5 rings (SSSR count). The Kier molecular flexibility index (Phi) is 5.84. The van der Waals surface area contributed by atoms with Crippen LogP contribution in [-0.4, -0.2) is 57.8 Å². The van der Waals surface area contributed by atoms with Gasteiger partial charge in [0.15, 0.2) is 23.1 Å². The molecule has 9 nitrogen and oxygen atoms in total. The molecule has 182 valence electrons. The first-order chi connectivity index (χ1) is 16.6. The highest BCUT2D eigenvalue weighted by Gasteiger charge is 2.31. The summed E-state index contributed by atoms with van der Waals surface area (Å²) in [5.41, 5.74) is 1.57. The van der Waals surface area contributed by atoms with Gasteiger partial charge in [0.1, 0.15) is 6.04 Å². The van der Waals surface area contributed by atoms with Crippen molar-refractivity contribution in [1.29, 1.82) is 0 Å². The van der Waals surface area contributed by atoms with Crippen LogP contribution in [0.2, 0.25) is 5.02 Å². The maximum Gasteiger partial charge on any atom is 0.265 e. The average Bonchev–Trinajstić information content (AvgIpc) is 3.36. The highest BCUT2D eigenvalue weighted by molar-refractivity contribution is 7.94. The summed E-state index contributed by atoms with van der Waals surface area (Å²) in [7, 11) is -2.25. The summed E-state index contributed by atoms with van der Waals surface area (Å²) >= 11 is 6.17. The molecule has 0 saturated carbocycles. The molecule has 0 radical (unpaired) electrons. The zero-order valence-electron chi connectivity index (χ0n) is 19.0. The molecular formula is C23H22ClFN6O3S. The Hall–Kier alpha value is -3.31. The van der Waals surface area contributed by atoms with E-state index in [-0.39, 0.29) is 28.1 Å². The van der Waals surface area contributed by atoms with E-state index in [0.717, 1.165) is 15.7 Å². The van der Waals surface area contributed by atoms with Gasteiger partial charge in [-0.2, -0.15) is 0 Å². The molecule has 1 N–H and O–H groups in total. The van der Waals surface area contributed by atoms with Crippen LogP contribution in [0, 0.1) is 5.82 Å². The summed E-state index contributed by atoms with van der Waals surface area (Å²) in [6, 6.07) is 0.963. The van der Waals surface area contributed by atoms with E-state index in [9.17, 15) is 17.6 Å². The normalized spacial score (nSPS) is 18.7. The van der Waals surface area contributed by atoms with Crippen molar-refractivity contribution in [3.05, 3.63) is 58.1 Å². The summed E-state index contributed by atoms with van der Waals surface area (Å²) in [5.74, 6) is -0.950. The number of hydrogen-bond acceptors (Lipinski definition) is 7. The SMILES string of the molecule is CC1=CC=C(S(=O)(=O)n2cc(-c3ncc(F)c(NC4CCN(C)C4=O)n3)c3cc(Cl)cnc32)CC1. The van der Waals surface area contributed by atoms with Crippen molar-refractivity contribution in [2.24, 2.45) is 0 Å². The lowest BCUT2D eigenvalue weighted by Gasteiger charge is -2.14. The summed E-state index contributed by atoms with van der Waals surface area (Å²) < 4.78 is 42.6. The molecule has 12 heteroatoms. The Morgan fingerprint density at radius 3 is 2.69 bits per heavy atom. The van der Waals surface area contributed by atoms with Gasteiger partial charge in [0.2, 0.25) is 5.91 Å². The molecular weight excluding hydrogens is 495 g/mol. The fourth-order valence-corrected chi connectivity index (χ4v) is 5.83. The number of carbonyl (C=O) groups is 1. The Balaban J connectivity index is 1.62. The standard InChI is InChI=1S/C23H22ClFN6O3S/c1-13-3-5-15(6-4-13)35(33,34)31-12-17(16-9-14(24)10-27-22(16)31)20-26-11-18(25)21(29-20)28-19-7-8-30(2)23(19)32/h3,5,9-12,19H,4,6-8H2,1-2H3,(H,26,28,29). The van der Waals surface area contributed by atoms with Crippen LogP contribution in [0.25, 0.3) is 22.4 Å². The van der Waals surface area contributed by atoms with Crippen LogP contribution in [0.3, 0.4) is 0 Å². The van der Waals surface area contributed by atoms with Crippen molar-refractivity contribution in [3.8, 4) is 11.4 Å². The number of amides is 1. The van der Waals surface area contributed by atoms with Crippen molar-refractivity contribution in [1.82, 2.24) is 23.8 Å². The second kappa shape index (κ2) is 8.72. The van der Waals surface area contributed by atoms with E-state index in [1.807, 2.05) is 6.92 Å². The maximum absolute atomic E-state index is 14.6. The van der Waals surface area contributed by atoms with Crippen LogP contribution in [0.15, 0.2) is 47.3 Å². The van der Waals surface area contributed by atoms with Crippen LogP contribution in [-0.2, 0) is 14.8 Å². The number of hydrogen-bond donors (Lipinski definition) is 1. The van der Waals surface area contributed by atoms with Gasteiger partial charge >= 0.3 is 0 Å². The molecule has 3 aromatic heterocycles. The molecule has 0 aromatic carbocycles. The second-order valence-electron chi connectivity index (χ2n) is 8.65. The first-order valence-electron chi connectivity index (χ1n) is 11.0. The minimum atomic E-state index is -3.93. The molecule has 1 amide bonds. The number of aromatic nitrogens is 4. The topological polar surface area (TPSA) is 110 Å². The lowest BCUT2D eigenvalue weighted by molar-refractivity contribution is -0.127. The maximum atomic E-state index is 14.6. The molecule has 1 aliphatic carbocycles. The Labute approximate surface area is 206 Å². The Bertz CT molecular complexity index is 1530. The minimum absolute atomic E-state index is 0.0732. The molecule has 1 atom stereocenters. The predicted molar refractivity (Wildman–Crippen MR) is 131 cm³/mol. The van der Waals surface area contributed by atoms with Crippen LogP contribution >= 0.6 is 11.6 Å². The fraction of sp³-hybridized carbons (Fsp3) is 0.304. The third-order valence-electron chi connectivity index (χ3n) is 6.21. The van der Waals surface area contributed by atoms with Crippen molar-refractivity contribution in [2.75, 3.05) is 18.9 Å². The van der Waals surface area contributed by atoms with Crippen LogP contribution in [0.5, 0.6) is 0 Å². The van der Waals surface area contributed by atoms with Gasteiger partial charge < -0.3 is 10.2 Å². The second-order valence-corrected chi connectivity index (χ2v) is 11.0. The van der Waals surface area contributed by atoms with E-state index in [4.69, 9.17) is 11.6 Å². The lowest BCUT2D eigenvalue weighted by Crippen LogP contribution is -2.31. The average molecular weight is 517 g/mol. The van der Waals surface area contributed by atoms with E-state index in [1.54, 1.807) is 30.2 Å². The van der Waals surface area contributed by atoms with E-state index < -0.39 is 21.9 Å². The number of pyridine rings is 1. The molecule has 35 heavy (non-hydrogen) atoms. The molecule has 0 spiro atoms. The van der Waals surface area contributed by atoms with Crippen molar-refractivity contribution in [2.45, 2.75) is 32.2 Å². The van der Waals surface area contributed by atoms with Crippen molar-refractivity contribution >= 4 is 44.4 Å². The summed E-state index contributed by atoms with van der Waals surface area (Å²) in [4.78, 5) is 26.7. The minimum Gasteiger partial charge on any atom is -0.356 e. The van der Waals surface area contributed by atoms with Crippen molar-refractivity contribution < 1.29 is 17.6 Å². The first kappa shape index (κ1) is 23.4. The number of nitrogens with zero attached hydrogens (tertiary/aromatic N) is 5. The van der Waals surface area contributed by atoms with Gasteiger partial charge in [0, 0.05) is 36.9 Å². The van der Waals surface area contributed by atoms with Crippen LogP contribution in [0.4, 0.5) is 10.2 Å². The predicted octanol–water partition coefficient (Wildman–Crippen LogP) is 3.73. The van der Waals surface area contributed by atoms with Gasteiger partial charge in [-0.15, -0.1) is 0 Å². The van der Waals surface area contributed by atoms with E-state index in [1.165, 1.54) is 12.4 Å². The molecule has 1 aliphatic heterocycles. The van der Waals surface area contributed by atoms with Crippen LogP contribution < -0.4 is 5.32 Å². The lowest BCUT2D eigenvalue weighted by atomic mass is 10.1. The number of fused-ring (bicyclic) bond motifs is 1. The fourth-order valence-electron chi connectivity index (χ4n) is 4.20. The number of anilines is 1. The number of likely N-dealkylation sites (tertiary alicyclic amines) is 1. The first-order valence-corrected chi connectivity index (χ1v) is 12.8. The molecule has 4 heterocycles. The van der Waals surface area contributed by atoms with Gasteiger partial charge in [-0.1, -0.05) is 23.3 Å². The van der Waals surface area contributed by atoms with Crippen molar-refractivity contribution in [3.63, 3.8) is 0 Å². The summed E-state index contributed by atoms with van der Waals surface area (Å²) in [6.07, 6.45) is 8.63. The van der Waals surface area contributed by atoms with Gasteiger partial charge in [-0.3, -0.25) is 4.79 Å². The Morgan fingerprint density at radius 1 is 1.20 bits per heavy atom. The molecule has 1 saturated heterocycles. The molecule has 0 bridgehead atoms. The number of nitrogens with one attached hydrogen (secondary N) is 1. The summed E-state index contributed by atoms with van der Waals surface area (Å²) in [5, 5.41) is 3.55. The largest absolute Gasteiger partial charge is 0.356 e. The number of allylic oxidation sites excluding steroid dienone is 4. The highest BCUT2D eigenvalue weighted by atomic mass is 35.5. The zero-order valence-corrected chi connectivity index (χ0v) is 20.6. The number of likely N-dealkylation sites (N-methyl/N-ethyl adjacent to an activating group) is 1. The molecule has 3 aromatic rings. The molecule has 2 aliphatic rings. The van der Waals surface area contributed by atoms with E-state index in [2.05, 4.69) is 20.3 Å². The number of halogens is 2. The number of carbonyl (C=O) groups excluding carboxylic acids is 1. The molecule has 1 fully saturated rings. The Morgan fingerprint density at radius 2 is 2.00 bits per heavy atom.